The van der Waals surface area contributed by atoms with Crippen LogP contribution in [0.2, 0.25) is 10.0 Å². The summed E-state index contributed by atoms with van der Waals surface area (Å²) in [5.74, 6) is -0.559. The molecule has 126 valence electrons. The molecule has 0 aromatic heterocycles. The van der Waals surface area contributed by atoms with Gasteiger partial charge < -0.3 is 5.11 Å². The van der Waals surface area contributed by atoms with Crippen molar-refractivity contribution in [3.63, 3.8) is 0 Å². The molecule has 2 aromatic rings. The summed E-state index contributed by atoms with van der Waals surface area (Å²) < 4.78 is 26.9. The van der Waals surface area contributed by atoms with E-state index in [4.69, 9.17) is 28.5 Å². The standard InChI is InChI=1S/C16H14Cl2N2O3S/c17-13-9-14(18)16(21)15(10-13)24(22,23)20(8-4-7-19)11-12-5-2-1-3-6-12/h1-3,5-6,9-10,21H,4,8,11H2. The van der Waals surface area contributed by atoms with Crippen LogP contribution in [0.25, 0.3) is 0 Å². The summed E-state index contributed by atoms with van der Waals surface area (Å²) in [7, 11) is -4.08. The summed E-state index contributed by atoms with van der Waals surface area (Å²) in [5, 5.41) is 18.8. The Balaban J connectivity index is 2.46. The zero-order valence-corrected chi connectivity index (χ0v) is 14.8. The van der Waals surface area contributed by atoms with Crippen LogP contribution in [0.4, 0.5) is 0 Å². The number of rotatable bonds is 6. The first-order valence-electron chi connectivity index (χ1n) is 6.95. The van der Waals surface area contributed by atoms with E-state index in [0.717, 1.165) is 15.9 Å². The fourth-order valence-corrected chi connectivity index (χ4v) is 4.30. The van der Waals surface area contributed by atoms with E-state index in [1.807, 2.05) is 12.1 Å². The monoisotopic (exact) mass is 384 g/mol. The van der Waals surface area contributed by atoms with E-state index in [9.17, 15) is 13.5 Å². The Labute approximate surface area is 150 Å². The first-order valence-corrected chi connectivity index (χ1v) is 9.15. The van der Waals surface area contributed by atoms with E-state index in [2.05, 4.69) is 0 Å². The van der Waals surface area contributed by atoms with Gasteiger partial charge in [0.2, 0.25) is 10.0 Å². The lowest BCUT2D eigenvalue weighted by Gasteiger charge is -2.22. The Kier molecular flexibility index (Phi) is 6.08. The number of sulfonamides is 1. The maximum Gasteiger partial charge on any atom is 0.247 e. The van der Waals surface area contributed by atoms with Gasteiger partial charge in [-0.05, 0) is 17.7 Å². The predicted octanol–water partition coefficient (Wildman–Crippen LogP) is 3.80. The zero-order valence-electron chi connectivity index (χ0n) is 12.5. The summed E-state index contributed by atoms with van der Waals surface area (Å²) in [5.41, 5.74) is 0.756. The largest absolute Gasteiger partial charge is 0.505 e. The van der Waals surface area contributed by atoms with Crippen LogP contribution in [-0.4, -0.2) is 24.4 Å². The predicted molar refractivity (Wildman–Crippen MR) is 92.4 cm³/mol. The van der Waals surface area contributed by atoms with Crippen molar-refractivity contribution in [3.8, 4) is 11.8 Å². The summed E-state index contributed by atoms with van der Waals surface area (Å²) in [6.07, 6.45) is 0.0150. The van der Waals surface area contributed by atoms with Crippen molar-refractivity contribution in [1.29, 1.82) is 5.26 Å². The van der Waals surface area contributed by atoms with E-state index in [-0.39, 0.29) is 34.5 Å². The zero-order chi connectivity index (χ0) is 17.7. The number of halogens is 2. The van der Waals surface area contributed by atoms with Crippen LogP contribution in [0.3, 0.4) is 0 Å². The van der Waals surface area contributed by atoms with Crippen LogP contribution >= 0.6 is 23.2 Å². The van der Waals surface area contributed by atoms with E-state index in [1.54, 1.807) is 24.3 Å². The minimum atomic E-state index is -4.08. The highest BCUT2D eigenvalue weighted by atomic mass is 35.5. The molecular weight excluding hydrogens is 371 g/mol. The Morgan fingerprint density at radius 1 is 1.17 bits per heavy atom. The Morgan fingerprint density at radius 3 is 2.46 bits per heavy atom. The normalized spacial score (nSPS) is 11.4. The van der Waals surface area contributed by atoms with Crippen LogP contribution in [0.1, 0.15) is 12.0 Å². The number of phenols is 1. The van der Waals surface area contributed by atoms with Crippen LogP contribution < -0.4 is 0 Å². The minimum absolute atomic E-state index is 0.0150. The Bertz CT molecular complexity index is 865. The van der Waals surface area contributed by atoms with Gasteiger partial charge in [-0.3, -0.25) is 0 Å². The van der Waals surface area contributed by atoms with E-state index >= 15 is 0 Å². The minimum Gasteiger partial charge on any atom is -0.505 e. The van der Waals surface area contributed by atoms with Crippen molar-refractivity contribution >= 4 is 33.2 Å². The topological polar surface area (TPSA) is 81.4 Å². The van der Waals surface area contributed by atoms with Crippen molar-refractivity contribution in [1.82, 2.24) is 4.31 Å². The molecule has 0 bridgehead atoms. The molecule has 0 aliphatic heterocycles. The summed E-state index contributed by atoms with van der Waals surface area (Å²) in [4.78, 5) is -0.381. The summed E-state index contributed by atoms with van der Waals surface area (Å²) in [6.45, 7) is 0.0473. The molecule has 0 radical (unpaired) electrons. The van der Waals surface area contributed by atoms with Gasteiger partial charge in [0.15, 0.2) is 5.75 Å². The van der Waals surface area contributed by atoms with Gasteiger partial charge in [-0.2, -0.15) is 9.57 Å². The second-order valence-electron chi connectivity index (χ2n) is 4.97. The van der Waals surface area contributed by atoms with Gasteiger partial charge >= 0.3 is 0 Å². The fourth-order valence-electron chi connectivity index (χ4n) is 2.12. The first-order chi connectivity index (χ1) is 11.4. The van der Waals surface area contributed by atoms with Crippen molar-refractivity contribution in [3.05, 3.63) is 58.1 Å². The van der Waals surface area contributed by atoms with Crippen LogP contribution in [0.15, 0.2) is 47.4 Å². The summed E-state index contributed by atoms with van der Waals surface area (Å²) >= 11 is 11.7. The maximum absolute atomic E-state index is 12.9. The van der Waals surface area contributed by atoms with Gasteiger partial charge in [0.25, 0.3) is 0 Å². The molecule has 2 aromatic carbocycles. The van der Waals surface area contributed by atoms with Gasteiger partial charge in [0, 0.05) is 24.5 Å². The van der Waals surface area contributed by atoms with Crippen LogP contribution in [0.5, 0.6) is 5.75 Å². The van der Waals surface area contributed by atoms with Crippen molar-refractivity contribution in [2.45, 2.75) is 17.9 Å². The molecule has 0 spiro atoms. The number of nitrogens with zero attached hydrogens (tertiary/aromatic N) is 2. The highest BCUT2D eigenvalue weighted by molar-refractivity contribution is 7.89. The molecule has 0 saturated heterocycles. The van der Waals surface area contributed by atoms with Crippen LogP contribution in [-0.2, 0) is 16.6 Å². The molecular formula is C16H14Cl2N2O3S. The molecule has 5 nitrogen and oxygen atoms in total. The molecule has 2 rings (SSSR count). The van der Waals surface area contributed by atoms with Gasteiger partial charge in [-0.15, -0.1) is 0 Å². The molecule has 1 N–H and O–H groups in total. The SMILES string of the molecule is N#CCCN(Cc1ccccc1)S(=O)(=O)c1cc(Cl)cc(Cl)c1O. The van der Waals surface area contributed by atoms with Crippen LogP contribution in [0, 0.1) is 11.3 Å². The fraction of sp³-hybridized carbons (Fsp3) is 0.188. The Hall–Kier alpha value is -1.78. The quantitative estimate of drug-likeness (QED) is 0.820. The number of hydrogen-bond acceptors (Lipinski definition) is 4. The smallest absolute Gasteiger partial charge is 0.247 e. The Morgan fingerprint density at radius 2 is 1.83 bits per heavy atom. The second kappa shape index (κ2) is 7.86. The lowest BCUT2D eigenvalue weighted by molar-refractivity contribution is 0.405. The van der Waals surface area contributed by atoms with E-state index < -0.39 is 15.8 Å². The van der Waals surface area contributed by atoms with Crippen molar-refractivity contribution in [2.24, 2.45) is 0 Å². The second-order valence-corrected chi connectivity index (χ2v) is 7.72. The average Bonchev–Trinajstić information content (AvgIpc) is 2.55. The first kappa shape index (κ1) is 18.6. The molecule has 0 saturated carbocycles. The molecule has 0 aliphatic carbocycles. The summed E-state index contributed by atoms with van der Waals surface area (Å²) in [6, 6.07) is 13.3. The molecule has 0 heterocycles. The van der Waals surface area contributed by atoms with Gasteiger partial charge in [0.05, 0.1) is 11.1 Å². The molecule has 0 aliphatic rings. The number of phenolic OH excluding ortho intramolecular Hbond substituents is 1. The number of aromatic hydroxyl groups is 1. The number of nitriles is 1. The van der Waals surface area contributed by atoms with Gasteiger partial charge in [0.1, 0.15) is 4.90 Å². The third-order valence-corrected chi connectivity index (χ3v) is 5.65. The highest BCUT2D eigenvalue weighted by Gasteiger charge is 2.29. The highest BCUT2D eigenvalue weighted by Crippen LogP contribution is 2.36. The van der Waals surface area contributed by atoms with Gasteiger partial charge in [-0.1, -0.05) is 53.5 Å². The van der Waals surface area contributed by atoms with Crippen molar-refractivity contribution < 1.29 is 13.5 Å². The third kappa shape index (κ3) is 4.19. The molecule has 24 heavy (non-hydrogen) atoms. The van der Waals surface area contributed by atoms with E-state index in [0.29, 0.717) is 0 Å². The van der Waals surface area contributed by atoms with Crippen molar-refractivity contribution in [2.75, 3.05) is 6.54 Å². The molecule has 0 fully saturated rings. The number of benzene rings is 2. The molecule has 0 unspecified atom stereocenters. The third-order valence-electron chi connectivity index (χ3n) is 3.29. The maximum atomic E-state index is 12.9. The average molecular weight is 385 g/mol. The van der Waals surface area contributed by atoms with E-state index in [1.165, 1.54) is 6.07 Å². The molecule has 8 heteroatoms. The van der Waals surface area contributed by atoms with Gasteiger partial charge in [-0.25, -0.2) is 8.42 Å². The lowest BCUT2D eigenvalue weighted by Crippen LogP contribution is -2.31. The molecule has 0 atom stereocenters. The molecule has 0 amide bonds. The lowest BCUT2D eigenvalue weighted by atomic mass is 10.2. The number of hydrogen-bond donors (Lipinski definition) is 1.